The summed E-state index contributed by atoms with van der Waals surface area (Å²) in [5.74, 6) is 6.44. The lowest BCUT2D eigenvalue weighted by molar-refractivity contribution is -0.0315. The fourth-order valence-electron chi connectivity index (χ4n) is 1.91. The molecule has 2 heteroatoms. The second kappa shape index (κ2) is 18.5. The average molecular weight is 284 g/mol. The Hall–Kier alpha value is -0.520. The SMILES string of the molecule is [2H]C([2H])(CC)CCCCC#CCCCCCCCOCOC. The zero-order valence-electron chi connectivity index (χ0n) is 15.5. The third-order valence-electron chi connectivity index (χ3n) is 3.07. The predicted molar refractivity (Wildman–Crippen MR) is 86.7 cm³/mol. The molecule has 0 aromatic carbocycles. The molecule has 0 aliphatic carbocycles. The molecule has 0 fully saturated rings. The van der Waals surface area contributed by atoms with E-state index in [1.54, 1.807) is 7.11 Å². The molecule has 0 heterocycles. The Bertz CT molecular complexity index is 295. The monoisotopic (exact) mass is 284 g/mol. The maximum absolute atomic E-state index is 7.67. The van der Waals surface area contributed by atoms with Crippen LogP contribution in [-0.2, 0) is 9.47 Å². The van der Waals surface area contributed by atoms with Crippen molar-refractivity contribution < 1.29 is 12.2 Å². The minimum Gasteiger partial charge on any atom is -0.359 e. The molecule has 0 unspecified atom stereocenters. The van der Waals surface area contributed by atoms with Crippen molar-refractivity contribution in [1.29, 1.82) is 0 Å². The fraction of sp³-hybridized carbons (Fsp3) is 0.889. The first-order valence-corrected chi connectivity index (χ1v) is 8.15. The van der Waals surface area contributed by atoms with Gasteiger partial charge in [-0.2, -0.15) is 0 Å². The maximum atomic E-state index is 7.67. The van der Waals surface area contributed by atoms with Crippen LogP contribution in [0, 0.1) is 11.8 Å². The molecule has 0 aliphatic rings. The zero-order valence-corrected chi connectivity index (χ0v) is 13.5. The molecule has 118 valence electrons. The molecule has 0 saturated heterocycles. The molecular formula is C18H34O2. The van der Waals surface area contributed by atoms with Gasteiger partial charge in [-0.05, 0) is 19.3 Å². The molecule has 0 rings (SSSR count). The molecule has 20 heavy (non-hydrogen) atoms. The Labute approximate surface area is 129 Å². The molecule has 0 bridgehead atoms. The molecule has 0 aromatic heterocycles. The summed E-state index contributed by atoms with van der Waals surface area (Å²) in [6.07, 6.45) is 10.2. The van der Waals surface area contributed by atoms with E-state index in [0.717, 1.165) is 38.7 Å². The van der Waals surface area contributed by atoms with Crippen LogP contribution in [0.1, 0.15) is 86.7 Å². The number of ether oxygens (including phenoxy) is 2. The standard InChI is InChI=1S/C18H34O2/c1-3-4-5-6-7-8-9-10-11-12-13-14-15-16-17-20-18-19-2/h3-8,11-18H2,1-2H3/i4D2. The maximum Gasteiger partial charge on any atom is 0.146 e. The van der Waals surface area contributed by atoms with Crippen molar-refractivity contribution in [1.82, 2.24) is 0 Å². The van der Waals surface area contributed by atoms with Gasteiger partial charge in [-0.1, -0.05) is 51.8 Å². The summed E-state index contributed by atoms with van der Waals surface area (Å²) in [5, 5.41) is 0. The van der Waals surface area contributed by atoms with Gasteiger partial charge < -0.3 is 9.47 Å². The quantitative estimate of drug-likeness (QED) is 0.244. The van der Waals surface area contributed by atoms with E-state index in [0.29, 0.717) is 19.6 Å². The van der Waals surface area contributed by atoms with Crippen LogP contribution < -0.4 is 0 Å². The van der Waals surface area contributed by atoms with Gasteiger partial charge in [0.1, 0.15) is 6.79 Å². The lowest BCUT2D eigenvalue weighted by Gasteiger charge is -2.02. The molecule has 0 amide bonds. The molecule has 0 radical (unpaired) electrons. The van der Waals surface area contributed by atoms with Gasteiger partial charge in [-0.15, -0.1) is 11.8 Å². The van der Waals surface area contributed by atoms with Crippen molar-refractivity contribution in [3.8, 4) is 11.8 Å². The Morgan fingerprint density at radius 3 is 2.10 bits per heavy atom. The Morgan fingerprint density at radius 2 is 1.45 bits per heavy atom. The van der Waals surface area contributed by atoms with Crippen LogP contribution >= 0.6 is 0 Å². The fourth-order valence-corrected chi connectivity index (χ4v) is 1.91. The van der Waals surface area contributed by atoms with Crippen LogP contribution in [0.5, 0.6) is 0 Å². The number of hydrogen-bond donors (Lipinski definition) is 0. The molecule has 0 atom stereocenters. The van der Waals surface area contributed by atoms with Gasteiger partial charge in [0.15, 0.2) is 0 Å². The second-order valence-electron chi connectivity index (χ2n) is 5.00. The number of unbranched alkanes of at least 4 members (excludes halogenated alkanes) is 7. The van der Waals surface area contributed by atoms with Crippen molar-refractivity contribution in [3.63, 3.8) is 0 Å². The van der Waals surface area contributed by atoms with E-state index in [4.69, 9.17) is 12.2 Å². The van der Waals surface area contributed by atoms with Crippen LogP contribution in [0.4, 0.5) is 0 Å². The Morgan fingerprint density at radius 1 is 0.850 bits per heavy atom. The molecule has 0 saturated carbocycles. The molecule has 2 nitrogen and oxygen atoms in total. The van der Waals surface area contributed by atoms with Crippen molar-refractivity contribution >= 4 is 0 Å². The van der Waals surface area contributed by atoms with E-state index in [1.165, 1.54) is 25.7 Å². The second-order valence-corrected chi connectivity index (χ2v) is 5.00. The van der Waals surface area contributed by atoms with Gasteiger partial charge in [-0.25, -0.2) is 0 Å². The van der Waals surface area contributed by atoms with Gasteiger partial charge in [0.25, 0.3) is 0 Å². The van der Waals surface area contributed by atoms with E-state index in [2.05, 4.69) is 11.8 Å². The summed E-state index contributed by atoms with van der Waals surface area (Å²) in [6, 6.07) is 0. The van der Waals surface area contributed by atoms with Crippen LogP contribution in [0.15, 0.2) is 0 Å². The van der Waals surface area contributed by atoms with Gasteiger partial charge in [0.05, 0.1) is 0 Å². The number of methoxy groups -OCH3 is 1. The third-order valence-corrected chi connectivity index (χ3v) is 3.07. The van der Waals surface area contributed by atoms with Gasteiger partial charge in [0, 0.05) is 29.3 Å². The molecular weight excluding hydrogens is 248 g/mol. The lowest BCUT2D eigenvalue weighted by atomic mass is 10.1. The minimum atomic E-state index is -0.984. The van der Waals surface area contributed by atoms with Crippen molar-refractivity contribution in [2.45, 2.75) is 83.9 Å². The Kier molecular flexibility index (Phi) is 14.7. The largest absolute Gasteiger partial charge is 0.359 e. The first-order valence-electron chi connectivity index (χ1n) is 9.15. The third kappa shape index (κ3) is 17.5. The van der Waals surface area contributed by atoms with Crippen LogP contribution in [0.2, 0.25) is 0 Å². The molecule has 0 spiro atoms. The van der Waals surface area contributed by atoms with Crippen LogP contribution in [0.3, 0.4) is 0 Å². The zero-order chi connectivity index (χ0) is 16.5. The van der Waals surface area contributed by atoms with E-state index in [1.807, 2.05) is 6.92 Å². The van der Waals surface area contributed by atoms with Gasteiger partial charge in [0.2, 0.25) is 0 Å². The first kappa shape index (κ1) is 15.9. The van der Waals surface area contributed by atoms with E-state index in [9.17, 15) is 0 Å². The highest BCUT2D eigenvalue weighted by Gasteiger charge is 1.91. The summed E-state index contributed by atoms with van der Waals surface area (Å²) in [6.45, 7) is 3.11. The summed E-state index contributed by atoms with van der Waals surface area (Å²) in [7, 11) is 1.64. The predicted octanol–water partition coefficient (Wildman–Crippen LogP) is 5.31. The minimum absolute atomic E-state index is 0.401. The summed E-state index contributed by atoms with van der Waals surface area (Å²) < 4.78 is 25.4. The van der Waals surface area contributed by atoms with Crippen molar-refractivity contribution in [2.24, 2.45) is 0 Å². The summed E-state index contributed by atoms with van der Waals surface area (Å²) in [5.41, 5.74) is 0. The molecule has 0 aliphatic heterocycles. The normalized spacial score (nSPS) is 12.5. The number of hydrogen-bond acceptors (Lipinski definition) is 2. The first-order chi connectivity index (χ1) is 10.6. The molecule has 0 aromatic rings. The van der Waals surface area contributed by atoms with Gasteiger partial charge >= 0.3 is 0 Å². The summed E-state index contributed by atoms with van der Waals surface area (Å²) in [4.78, 5) is 0. The highest BCUT2D eigenvalue weighted by atomic mass is 16.7. The lowest BCUT2D eigenvalue weighted by Crippen LogP contribution is -1.98. The average Bonchev–Trinajstić information content (AvgIpc) is 2.51. The summed E-state index contributed by atoms with van der Waals surface area (Å²) >= 11 is 0. The number of rotatable bonds is 14. The Balaban J connectivity index is 3.22. The van der Waals surface area contributed by atoms with Crippen LogP contribution in [0.25, 0.3) is 0 Å². The van der Waals surface area contributed by atoms with E-state index < -0.39 is 6.37 Å². The smallest absolute Gasteiger partial charge is 0.146 e. The van der Waals surface area contributed by atoms with Crippen molar-refractivity contribution in [2.75, 3.05) is 20.5 Å². The van der Waals surface area contributed by atoms with E-state index >= 15 is 0 Å². The molecule has 0 N–H and O–H groups in total. The highest BCUT2D eigenvalue weighted by Crippen LogP contribution is 2.06. The van der Waals surface area contributed by atoms with Crippen molar-refractivity contribution in [3.05, 3.63) is 0 Å². The van der Waals surface area contributed by atoms with E-state index in [-0.39, 0.29) is 0 Å². The van der Waals surface area contributed by atoms with Crippen LogP contribution in [-0.4, -0.2) is 20.5 Å². The van der Waals surface area contributed by atoms with Gasteiger partial charge in [-0.3, -0.25) is 0 Å². The topological polar surface area (TPSA) is 18.5 Å². The highest BCUT2D eigenvalue weighted by molar-refractivity contribution is 4.98.